The molecule has 6 nitrogen and oxygen atoms in total. The molecular weight excluding hydrogens is 522 g/mol. The number of carbonyl (C=O) groups is 1. The molecule has 0 atom stereocenters. The van der Waals surface area contributed by atoms with E-state index in [-0.39, 0.29) is 30.7 Å². The standard InChI is InChI=1S/C33H28F2N4O2/c1-21-25(14-16-29-26(21)19-36-31(37-29)18-23-9-5-4-6-10-23)11-7-8-12-30(40)32-22(2)38(3)39(33(32)41)20-24-13-15-27(34)28(35)17-24/h4-6,9-10,13-17,19H,8,12,18,20H2,1-3H3. The van der Waals surface area contributed by atoms with Gasteiger partial charge in [-0.25, -0.2) is 23.4 Å². The van der Waals surface area contributed by atoms with Crippen LogP contribution in [-0.4, -0.2) is 25.1 Å². The smallest absolute Gasteiger partial charge is 0.278 e. The van der Waals surface area contributed by atoms with Crippen molar-refractivity contribution in [2.75, 3.05) is 0 Å². The molecule has 0 aliphatic rings. The van der Waals surface area contributed by atoms with Crippen molar-refractivity contribution in [2.45, 2.75) is 39.7 Å². The van der Waals surface area contributed by atoms with Crippen molar-refractivity contribution in [1.29, 1.82) is 0 Å². The average molecular weight is 551 g/mol. The van der Waals surface area contributed by atoms with Gasteiger partial charge < -0.3 is 0 Å². The molecule has 5 aromatic rings. The number of aromatic nitrogens is 4. The van der Waals surface area contributed by atoms with E-state index in [0.717, 1.165) is 45.6 Å². The van der Waals surface area contributed by atoms with Crippen molar-refractivity contribution < 1.29 is 13.6 Å². The summed E-state index contributed by atoms with van der Waals surface area (Å²) in [6.07, 6.45) is 2.84. The molecule has 0 aliphatic heterocycles. The maximum absolute atomic E-state index is 13.6. The summed E-state index contributed by atoms with van der Waals surface area (Å²) in [5.41, 5.74) is 4.33. The van der Waals surface area contributed by atoms with Crippen LogP contribution in [0, 0.1) is 37.3 Å². The Morgan fingerprint density at radius 3 is 2.51 bits per heavy atom. The maximum Gasteiger partial charge on any atom is 0.278 e. The molecule has 0 fully saturated rings. The molecule has 3 aromatic carbocycles. The highest BCUT2D eigenvalue weighted by Crippen LogP contribution is 2.20. The molecule has 0 amide bonds. The van der Waals surface area contributed by atoms with E-state index in [1.807, 2.05) is 55.6 Å². The Morgan fingerprint density at radius 2 is 1.76 bits per heavy atom. The number of benzene rings is 3. The Balaban J connectivity index is 1.28. The molecule has 0 saturated heterocycles. The van der Waals surface area contributed by atoms with Crippen molar-refractivity contribution in [1.82, 2.24) is 19.3 Å². The third kappa shape index (κ3) is 5.85. The summed E-state index contributed by atoms with van der Waals surface area (Å²) < 4.78 is 29.8. The molecule has 8 heteroatoms. The first kappa shape index (κ1) is 27.7. The Kier molecular flexibility index (Phi) is 7.88. The van der Waals surface area contributed by atoms with Crippen LogP contribution in [0.3, 0.4) is 0 Å². The predicted octanol–water partition coefficient (Wildman–Crippen LogP) is 5.68. The van der Waals surface area contributed by atoms with Crippen molar-refractivity contribution in [2.24, 2.45) is 7.05 Å². The minimum atomic E-state index is -0.988. The van der Waals surface area contributed by atoms with Crippen LogP contribution in [-0.2, 0) is 20.0 Å². The third-order valence-electron chi connectivity index (χ3n) is 7.24. The quantitative estimate of drug-likeness (QED) is 0.193. The van der Waals surface area contributed by atoms with Crippen molar-refractivity contribution in [3.63, 3.8) is 0 Å². The summed E-state index contributed by atoms with van der Waals surface area (Å²) in [6.45, 7) is 3.67. The fourth-order valence-corrected chi connectivity index (χ4v) is 4.81. The van der Waals surface area contributed by atoms with E-state index in [1.54, 1.807) is 18.7 Å². The second-order valence-electron chi connectivity index (χ2n) is 9.94. The number of halogens is 2. The highest BCUT2D eigenvalue weighted by Gasteiger charge is 2.21. The van der Waals surface area contributed by atoms with Crippen molar-refractivity contribution >= 4 is 16.7 Å². The number of Topliss-reactive ketones (excluding diaryl/α,β-unsaturated/α-hetero) is 1. The average Bonchev–Trinajstić information content (AvgIpc) is 3.17. The van der Waals surface area contributed by atoms with Crippen LogP contribution < -0.4 is 5.56 Å². The fraction of sp³-hybridized carbons (Fsp3) is 0.212. The van der Waals surface area contributed by atoms with Crippen LogP contribution in [0.25, 0.3) is 10.9 Å². The number of fused-ring (bicyclic) bond motifs is 1. The van der Waals surface area contributed by atoms with Crippen LogP contribution in [0.15, 0.2) is 71.7 Å². The first-order chi connectivity index (χ1) is 19.7. The van der Waals surface area contributed by atoms with Gasteiger partial charge in [-0.15, -0.1) is 0 Å². The lowest BCUT2D eigenvalue weighted by Gasteiger charge is -2.08. The van der Waals surface area contributed by atoms with E-state index >= 15 is 0 Å². The van der Waals surface area contributed by atoms with Crippen molar-refractivity contribution in [3.05, 3.63) is 128 Å². The highest BCUT2D eigenvalue weighted by molar-refractivity contribution is 5.97. The molecule has 0 aliphatic carbocycles. The minimum Gasteiger partial charge on any atom is -0.294 e. The highest BCUT2D eigenvalue weighted by atomic mass is 19.2. The van der Waals surface area contributed by atoms with Gasteiger partial charge in [0.05, 0.1) is 12.1 Å². The monoisotopic (exact) mass is 550 g/mol. The zero-order valence-electron chi connectivity index (χ0n) is 23.0. The molecule has 2 heterocycles. The Bertz CT molecular complexity index is 1900. The molecule has 0 N–H and O–H groups in total. The lowest BCUT2D eigenvalue weighted by Crippen LogP contribution is -2.25. The molecule has 0 bridgehead atoms. The van der Waals surface area contributed by atoms with Gasteiger partial charge in [0.25, 0.3) is 5.56 Å². The Morgan fingerprint density at radius 1 is 0.976 bits per heavy atom. The number of ketones is 1. The van der Waals surface area contributed by atoms with E-state index in [2.05, 4.69) is 16.8 Å². The molecule has 0 radical (unpaired) electrons. The lowest BCUT2D eigenvalue weighted by atomic mass is 10.0. The van der Waals surface area contributed by atoms with Gasteiger partial charge in [0, 0.05) is 49.2 Å². The summed E-state index contributed by atoms with van der Waals surface area (Å²) in [5, 5.41) is 0.922. The van der Waals surface area contributed by atoms with Gasteiger partial charge in [-0.05, 0) is 54.8 Å². The molecule has 5 rings (SSSR count). The van der Waals surface area contributed by atoms with Gasteiger partial charge in [-0.3, -0.25) is 14.3 Å². The second-order valence-corrected chi connectivity index (χ2v) is 9.94. The van der Waals surface area contributed by atoms with Gasteiger partial charge in [0.15, 0.2) is 17.4 Å². The molecule has 0 saturated carbocycles. The first-order valence-corrected chi connectivity index (χ1v) is 13.2. The van der Waals surface area contributed by atoms with E-state index in [4.69, 9.17) is 4.98 Å². The predicted molar refractivity (Wildman–Crippen MR) is 154 cm³/mol. The minimum absolute atomic E-state index is 0.0131. The SMILES string of the molecule is Cc1c(C#CCCC(=O)c2c(C)n(C)n(Cc3ccc(F)c(F)c3)c2=O)ccc2nc(Cc3ccccc3)ncc12. The number of hydrogen-bond acceptors (Lipinski definition) is 4. The lowest BCUT2D eigenvalue weighted by molar-refractivity contribution is 0.0982. The number of rotatable bonds is 7. The van der Waals surface area contributed by atoms with Gasteiger partial charge in [-0.1, -0.05) is 48.2 Å². The van der Waals surface area contributed by atoms with Gasteiger partial charge in [-0.2, -0.15) is 0 Å². The van der Waals surface area contributed by atoms with E-state index in [0.29, 0.717) is 17.7 Å². The van der Waals surface area contributed by atoms with Gasteiger partial charge >= 0.3 is 0 Å². The topological polar surface area (TPSA) is 69.8 Å². The summed E-state index contributed by atoms with van der Waals surface area (Å²) in [6, 6.07) is 17.4. The Hall–Kier alpha value is -4.90. The number of carbonyl (C=O) groups excluding carboxylic acids is 1. The van der Waals surface area contributed by atoms with Crippen LogP contribution in [0.5, 0.6) is 0 Å². The summed E-state index contributed by atoms with van der Waals surface area (Å²) in [7, 11) is 1.66. The van der Waals surface area contributed by atoms with Gasteiger partial charge in [0.1, 0.15) is 11.4 Å². The molecule has 0 unspecified atom stereocenters. The van der Waals surface area contributed by atoms with E-state index in [1.165, 1.54) is 10.7 Å². The maximum atomic E-state index is 13.6. The molecule has 41 heavy (non-hydrogen) atoms. The van der Waals surface area contributed by atoms with Crippen LogP contribution in [0.4, 0.5) is 8.78 Å². The summed E-state index contributed by atoms with van der Waals surface area (Å²) in [5.74, 6) is 4.70. The Labute approximate surface area is 236 Å². The normalized spacial score (nSPS) is 11.0. The molecular formula is C33H28F2N4O2. The second kappa shape index (κ2) is 11.7. The fourth-order valence-electron chi connectivity index (χ4n) is 4.81. The first-order valence-electron chi connectivity index (χ1n) is 13.2. The molecule has 206 valence electrons. The molecule has 0 spiro atoms. The van der Waals surface area contributed by atoms with Crippen LogP contribution in [0.1, 0.15) is 57.0 Å². The summed E-state index contributed by atoms with van der Waals surface area (Å²) in [4.78, 5) is 35.3. The molecule has 2 aromatic heterocycles. The largest absolute Gasteiger partial charge is 0.294 e. The zero-order valence-corrected chi connectivity index (χ0v) is 23.0. The van der Waals surface area contributed by atoms with E-state index < -0.39 is 17.2 Å². The number of nitrogens with zero attached hydrogens (tertiary/aromatic N) is 4. The van der Waals surface area contributed by atoms with Crippen LogP contribution in [0.2, 0.25) is 0 Å². The number of hydrogen-bond donors (Lipinski definition) is 0. The van der Waals surface area contributed by atoms with E-state index in [9.17, 15) is 18.4 Å². The van der Waals surface area contributed by atoms with Gasteiger partial charge in [0.2, 0.25) is 0 Å². The van der Waals surface area contributed by atoms with Crippen LogP contribution >= 0.6 is 0 Å². The summed E-state index contributed by atoms with van der Waals surface area (Å²) >= 11 is 0. The third-order valence-corrected chi connectivity index (χ3v) is 7.24. The number of aryl methyl sites for hydroxylation is 1. The van der Waals surface area contributed by atoms with Crippen molar-refractivity contribution in [3.8, 4) is 11.8 Å². The zero-order chi connectivity index (χ0) is 29.1.